The highest BCUT2D eigenvalue weighted by molar-refractivity contribution is 7.21. The Morgan fingerprint density at radius 1 is 1.08 bits per heavy atom. The van der Waals surface area contributed by atoms with E-state index < -0.39 is 0 Å². The summed E-state index contributed by atoms with van der Waals surface area (Å²) in [5.41, 5.74) is 2.67. The first-order chi connectivity index (χ1) is 12.2. The molecule has 1 N–H and O–H groups in total. The summed E-state index contributed by atoms with van der Waals surface area (Å²) in [6.07, 6.45) is 6.28. The number of rotatable bonds is 3. The van der Waals surface area contributed by atoms with Crippen LogP contribution in [0.4, 0.5) is 5.69 Å². The van der Waals surface area contributed by atoms with Crippen LogP contribution in [-0.2, 0) is 0 Å². The minimum atomic E-state index is -0.332. The fourth-order valence-corrected chi connectivity index (χ4v) is 3.50. The Balaban J connectivity index is 1.63. The number of halogens is 1. The van der Waals surface area contributed by atoms with Crippen molar-refractivity contribution in [2.75, 3.05) is 5.32 Å². The Morgan fingerprint density at radius 3 is 2.80 bits per heavy atom. The van der Waals surface area contributed by atoms with Crippen molar-refractivity contribution < 1.29 is 4.79 Å². The number of hydrogen-bond acceptors (Lipinski definition) is 5. The molecule has 122 valence electrons. The van der Waals surface area contributed by atoms with Gasteiger partial charge >= 0.3 is 0 Å². The van der Waals surface area contributed by atoms with E-state index in [0.717, 1.165) is 20.8 Å². The minimum absolute atomic E-state index is 0.314. The number of aromatic nitrogens is 3. The van der Waals surface area contributed by atoms with Crippen molar-refractivity contribution in [3.05, 3.63) is 71.8 Å². The minimum Gasteiger partial charge on any atom is -0.320 e. The molecule has 3 aromatic heterocycles. The molecule has 0 atom stereocenters. The van der Waals surface area contributed by atoms with Crippen molar-refractivity contribution in [3.8, 4) is 10.6 Å². The number of benzene rings is 1. The van der Waals surface area contributed by atoms with Crippen LogP contribution in [0.3, 0.4) is 0 Å². The first-order valence-electron chi connectivity index (χ1n) is 7.42. The molecule has 3 heterocycles. The van der Waals surface area contributed by atoms with E-state index in [9.17, 15) is 4.79 Å². The first-order valence-corrected chi connectivity index (χ1v) is 8.62. The largest absolute Gasteiger partial charge is 0.320 e. The molecule has 0 aliphatic carbocycles. The topological polar surface area (TPSA) is 67.8 Å². The highest BCUT2D eigenvalue weighted by Gasteiger charge is 2.12. The maximum atomic E-state index is 12.3. The van der Waals surface area contributed by atoms with Crippen molar-refractivity contribution in [2.24, 2.45) is 0 Å². The van der Waals surface area contributed by atoms with Crippen LogP contribution in [0.15, 0.2) is 61.2 Å². The van der Waals surface area contributed by atoms with Crippen LogP contribution in [0.2, 0.25) is 5.02 Å². The van der Waals surface area contributed by atoms with E-state index in [2.05, 4.69) is 20.3 Å². The number of thiazole rings is 1. The van der Waals surface area contributed by atoms with Crippen molar-refractivity contribution in [3.63, 3.8) is 0 Å². The van der Waals surface area contributed by atoms with Crippen LogP contribution < -0.4 is 5.32 Å². The maximum absolute atomic E-state index is 12.3. The van der Waals surface area contributed by atoms with Gasteiger partial charge in [-0.2, -0.15) is 0 Å². The zero-order valence-corrected chi connectivity index (χ0v) is 14.4. The quantitative estimate of drug-likeness (QED) is 0.572. The van der Waals surface area contributed by atoms with Crippen LogP contribution in [0.1, 0.15) is 10.4 Å². The molecule has 0 aliphatic heterocycles. The van der Waals surface area contributed by atoms with E-state index in [1.165, 1.54) is 12.4 Å². The van der Waals surface area contributed by atoms with E-state index in [1.807, 2.05) is 30.3 Å². The number of nitrogens with one attached hydrogen (secondary N) is 1. The number of nitrogens with zero attached hydrogens (tertiary/aromatic N) is 3. The lowest BCUT2D eigenvalue weighted by atomic mass is 10.2. The summed E-state index contributed by atoms with van der Waals surface area (Å²) in [6, 6.07) is 11.4. The summed E-state index contributed by atoms with van der Waals surface area (Å²) in [5.74, 6) is -0.332. The third kappa shape index (κ3) is 3.22. The summed E-state index contributed by atoms with van der Waals surface area (Å²) in [7, 11) is 0. The Labute approximate surface area is 152 Å². The number of carbonyl (C=O) groups is 1. The third-order valence-corrected chi connectivity index (χ3v) is 4.96. The number of amides is 1. The number of pyridine rings is 2. The molecule has 0 bridgehead atoms. The normalized spacial score (nSPS) is 10.8. The van der Waals surface area contributed by atoms with Gasteiger partial charge in [-0.15, -0.1) is 11.3 Å². The molecular weight excluding hydrogens is 356 g/mol. The summed E-state index contributed by atoms with van der Waals surface area (Å²) in [6.45, 7) is 0. The molecule has 25 heavy (non-hydrogen) atoms. The Bertz CT molecular complexity index is 1050. The van der Waals surface area contributed by atoms with Crippen LogP contribution in [-0.4, -0.2) is 20.9 Å². The van der Waals surface area contributed by atoms with Gasteiger partial charge in [-0.3, -0.25) is 14.8 Å². The standard InChI is InChI=1S/C18H11ClN4OS/c19-14-5-6-20-10-13(14)17(24)22-12-7-11(8-21-9-12)18-23-15-3-1-2-4-16(15)25-18/h1-10H,(H,22,24). The Kier molecular flexibility index (Phi) is 4.13. The van der Waals surface area contributed by atoms with Gasteiger partial charge in [0.15, 0.2) is 0 Å². The highest BCUT2D eigenvalue weighted by atomic mass is 35.5. The van der Waals surface area contributed by atoms with Gasteiger partial charge in [0.2, 0.25) is 0 Å². The molecule has 1 aromatic carbocycles. The lowest BCUT2D eigenvalue weighted by molar-refractivity contribution is 0.102. The summed E-state index contributed by atoms with van der Waals surface area (Å²) < 4.78 is 1.11. The van der Waals surface area contributed by atoms with Crippen molar-refractivity contribution >= 4 is 44.7 Å². The highest BCUT2D eigenvalue weighted by Crippen LogP contribution is 2.30. The monoisotopic (exact) mass is 366 g/mol. The molecule has 5 nitrogen and oxygen atoms in total. The first kappa shape index (κ1) is 15.7. The number of anilines is 1. The van der Waals surface area contributed by atoms with Crippen molar-refractivity contribution in [2.45, 2.75) is 0 Å². The fourth-order valence-electron chi connectivity index (χ4n) is 2.36. The molecule has 1 amide bonds. The van der Waals surface area contributed by atoms with Gasteiger partial charge in [0.1, 0.15) is 5.01 Å². The van der Waals surface area contributed by atoms with Crippen LogP contribution in [0.5, 0.6) is 0 Å². The van der Waals surface area contributed by atoms with Gasteiger partial charge in [-0.25, -0.2) is 4.98 Å². The van der Waals surface area contributed by atoms with Crippen molar-refractivity contribution in [1.82, 2.24) is 15.0 Å². The van der Waals surface area contributed by atoms with Crippen LogP contribution >= 0.6 is 22.9 Å². The molecule has 0 radical (unpaired) electrons. The second kappa shape index (κ2) is 6.58. The molecule has 0 spiro atoms. The van der Waals surface area contributed by atoms with Gasteiger partial charge in [-0.1, -0.05) is 23.7 Å². The zero-order valence-electron chi connectivity index (χ0n) is 12.8. The second-order valence-electron chi connectivity index (χ2n) is 5.26. The number of hydrogen-bond donors (Lipinski definition) is 1. The predicted octanol–water partition coefficient (Wildman–Crippen LogP) is 4.66. The number of fused-ring (bicyclic) bond motifs is 1. The van der Waals surface area contributed by atoms with E-state index in [-0.39, 0.29) is 5.91 Å². The van der Waals surface area contributed by atoms with Gasteiger partial charge in [0.05, 0.1) is 32.7 Å². The van der Waals surface area contributed by atoms with Crippen LogP contribution in [0.25, 0.3) is 20.8 Å². The lowest BCUT2D eigenvalue weighted by Gasteiger charge is -2.06. The third-order valence-electron chi connectivity index (χ3n) is 3.55. The SMILES string of the molecule is O=C(Nc1cncc(-c2nc3ccccc3s2)c1)c1cnccc1Cl. The molecular formula is C18H11ClN4OS. The molecule has 4 aromatic rings. The van der Waals surface area contributed by atoms with Gasteiger partial charge < -0.3 is 5.32 Å². The lowest BCUT2D eigenvalue weighted by Crippen LogP contribution is -2.13. The molecule has 0 unspecified atom stereocenters. The molecule has 0 saturated heterocycles. The zero-order chi connectivity index (χ0) is 17.2. The van der Waals surface area contributed by atoms with Gasteiger partial charge in [0.25, 0.3) is 5.91 Å². The van der Waals surface area contributed by atoms with E-state index >= 15 is 0 Å². The van der Waals surface area contributed by atoms with E-state index in [0.29, 0.717) is 16.3 Å². The van der Waals surface area contributed by atoms with Gasteiger partial charge in [0, 0.05) is 24.2 Å². The van der Waals surface area contributed by atoms with Gasteiger partial charge in [-0.05, 0) is 24.3 Å². The van der Waals surface area contributed by atoms with E-state index in [1.54, 1.807) is 29.8 Å². The van der Waals surface area contributed by atoms with Crippen molar-refractivity contribution in [1.29, 1.82) is 0 Å². The second-order valence-corrected chi connectivity index (χ2v) is 6.70. The van der Waals surface area contributed by atoms with Crippen LogP contribution in [0, 0.1) is 0 Å². The average molecular weight is 367 g/mol. The molecule has 0 saturated carbocycles. The predicted molar refractivity (Wildman–Crippen MR) is 100 cm³/mol. The number of carbonyl (C=O) groups excluding carboxylic acids is 1. The number of para-hydroxylation sites is 1. The summed E-state index contributed by atoms with van der Waals surface area (Å²) >= 11 is 7.61. The maximum Gasteiger partial charge on any atom is 0.258 e. The van der Waals surface area contributed by atoms with E-state index in [4.69, 9.17) is 11.6 Å². The fraction of sp³-hybridized carbons (Fsp3) is 0. The average Bonchev–Trinajstić information content (AvgIpc) is 3.06. The Hall–Kier alpha value is -2.83. The Morgan fingerprint density at radius 2 is 1.96 bits per heavy atom. The summed E-state index contributed by atoms with van der Waals surface area (Å²) in [5, 5.41) is 3.99. The molecule has 0 aliphatic rings. The summed E-state index contributed by atoms with van der Waals surface area (Å²) in [4.78, 5) is 25.1. The smallest absolute Gasteiger partial charge is 0.258 e. The molecule has 4 rings (SSSR count). The molecule has 0 fully saturated rings. The molecule has 7 heteroatoms.